The van der Waals surface area contributed by atoms with Gasteiger partial charge < -0.3 is 14.6 Å². The van der Waals surface area contributed by atoms with Crippen molar-refractivity contribution in [3.8, 4) is 11.3 Å². The highest BCUT2D eigenvalue weighted by Gasteiger charge is 2.23. The summed E-state index contributed by atoms with van der Waals surface area (Å²) < 4.78 is 6.21. The highest BCUT2D eigenvalue weighted by Crippen LogP contribution is 2.27. The van der Waals surface area contributed by atoms with Crippen LogP contribution in [0.4, 0.5) is 5.69 Å². The lowest BCUT2D eigenvalue weighted by atomic mass is 10.0. The average molecular weight is 482 g/mol. The van der Waals surface area contributed by atoms with Crippen LogP contribution in [0.15, 0.2) is 88.1 Å². The summed E-state index contributed by atoms with van der Waals surface area (Å²) in [6.45, 7) is 8.21. The molecule has 0 radical (unpaired) electrons. The number of piperazine rings is 1. The minimum atomic E-state index is -0.235. The SMILES string of the molecule is Cc1c(-c2ccccc2)oc2c(C(=O)NCC(C)N3CCN(c4ccccc4)CC3)cccc2c1=O. The smallest absolute Gasteiger partial charge is 0.255 e. The summed E-state index contributed by atoms with van der Waals surface area (Å²) in [6, 6.07) is 25.3. The molecule has 4 aromatic rings. The van der Waals surface area contributed by atoms with Crippen molar-refractivity contribution in [3.05, 3.63) is 100 Å². The minimum Gasteiger partial charge on any atom is -0.455 e. The van der Waals surface area contributed by atoms with Crippen LogP contribution in [0.2, 0.25) is 0 Å². The summed E-state index contributed by atoms with van der Waals surface area (Å²) in [5.41, 5.74) is 3.19. The van der Waals surface area contributed by atoms with Crippen molar-refractivity contribution in [1.82, 2.24) is 10.2 Å². The Morgan fingerprint density at radius 2 is 1.58 bits per heavy atom. The van der Waals surface area contributed by atoms with Crippen LogP contribution in [-0.4, -0.2) is 49.6 Å². The summed E-state index contributed by atoms with van der Waals surface area (Å²) in [7, 11) is 0. The molecule has 3 aromatic carbocycles. The van der Waals surface area contributed by atoms with E-state index in [-0.39, 0.29) is 17.4 Å². The number of fused-ring (bicyclic) bond motifs is 1. The Balaban J connectivity index is 1.29. The molecule has 0 bridgehead atoms. The Bertz CT molecular complexity index is 1410. The molecule has 1 unspecified atom stereocenters. The third-order valence-corrected chi connectivity index (χ3v) is 7.04. The number of nitrogens with one attached hydrogen (secondary N) is 1. The first kappa shape index (κ1) is 23.8. The molecule has 2 heterocycles. The van der Waals surface area contributed by atoms with Crippen molar-refractivity contribution in [2.75, 3.05) is 37.6 Å². The van der Waals surface area contributed by atoms with Crippen molar-refractivity contribution < 1.29 is 9.21 Å². The second-order valence-corrected chi connectivity index (χ2v) is 9.35. The van der Waals surface area contributed by atoms with Gasteiger partial charge in [0, 0.05) is 55.6 Å². The van der Waals surface area contributed by atoms with Gasteiger partial charge in [0.05, 0.1) is 10.9 Å². The van der Waals surface area contributed by atoms with Crippen LogP contribution < -0.4 is 15.6 Å². The van der Waals surface area contributed by atoms with Crippen molar-refractivity contribution in [1.29, 1.82) is 0 Å². The van der Waals surface area contributed by atoms with Gasteiger partial charge in [-0.05, 0) is 38.1 Å². The summed E-state index contributed by atoms with van der Waals surface area (Å²) in [5, 5.41) is 3.49. The number of amides is 1. The van der Waals surface area contributed by atoms with E-state index in [9.17, 15) is 9.59 Å². The molecule has 1 fully saturated rings. The summed E-state index contributed by atoms with van der Waals surface area (Å²) >= 11 is 0. The van der Waals surface area contributed by atoms with Gasteiger partial charge in [-0.25, -0.2) is 0 Å². The minimum absolute atomic E-state index is 0.116. The van der Waals surface area contributed by atoms with Gasteiger partial charge in [-0.1, -0.05) is 54.6 Å². The van der Waals surface area contributed by atoms with Crippen LogP contribution in [0.25, 0.3) is 22.3 Å². The molecular formula is C30H31N3O3. The first-order chi connectivity index (χ1) is 17.5. The van der Waals surface area contributed by atoms with E-state index in [0.29, 0.717) is 34.4 Å². The molecule has 0 aliphatic carbocycles. The molecule has 1 saturated heterocycles. The molecule has 0 spiro atoms. The molecule has 5 rings (SSSR count). The van der Waals surface area contributed by atoms with Crippen LogP contribution in [0.3, 0.4) is 0 Å². The summed E-state index contributed by atoms with van der Waals surface area (Å²) in [5.74, 6) is 0.263. The van der Waals surface area contributed by atoms with E-state index >= 15 is 0 Å². The van der Waals surface area contributed by atoms with Crippen molar-refractivity contribution in [2.45, 2.75) is 19.9 Å². The Morgan fingerprint density at radius 1 is 0.917 bits per heavy atom. The third kappa shape index (κ3) is 4.77. The van der Waals surface area contributed by atoms with E-state index in [0.717, 1.165) is 31.7 Å². The maximum absolute atomic E-state index is 13.2. The lowest BCUT2D eigenvalue weighted by Crippen LogP contribution is -2.52. The second kappa shape index (κ2) is 10.4. The molecule has 184 valence electrons. The molecule has 0 saturated carbocycles. The normalized spacial score (nSPS) is 15.1. The van der Waals surface area contributed by atoms with E-state index in [1.165, 1.54) is 5.69 Å². The van der Waals surface area contributed by atoms with E-state index in [1.54, 1.807) is 25.1 Å². The Labute approximate surface area is 211 Å². The van der Waals surface area contributed by atoms with Gasteiger partial charge in [-0.2, -0.15) is 0 Å². The highest BCUT2D eigenvalue weighted by molar-refractivity contribution is 6.05. The van der Waals surface area contributed by atoms with Gasteiger partial charge in [0.25, 0.3) is 5.91 Å². The quantitative estimate of drug-likeness (QED) is 0.432. The van der Waals surface area contributed by atoms with Crippen LogP contribution in [-0.2, 0) is 0 Å². The van der Waals surface area contributed by atoms with Crippen molar-refractivity contribution >= 4 is 22.6 Å². The predicted octanol–water partition coefficient (Wildman–Crippen LogP) is 4.71. The van der Waals surface area contributed by atoms with E-state index in [4.69, 9.17) is 4.42 Å². The molecule has 1 aliphatic heterocycles. The highest BCUT2D eigenvalue weighted by atomic mass is 16.3. The lowest BCUT2D eigenvalue weighted by Gasteiger charge is -2.39. The fourth-order valence-corrected chi connectivity index (χ4v) is 4.88. The van der Waals surface area contributed by atoms with Gasteiger partial charge in [-0.15, -0.1) is 0 Å². The fraction of sp³-hybridized carbons (Fsp3) is 0.267. The number of hydrogen-bond donors (Lipinski definition) is 1. The number of nitrogens with zero attached hydrogens (tertiary/aromatic N) is 2. The standard InChI is InChI=1S/C30H31N3O3/c1-21(32-16-18-33(19-17-32)24-12-7-4-8-13-24)20-31-30(35)26-15-9-14-25-27(34)22(2)28(36-29(25)26)23-10-5-3-6-11-23/h3-15,21H,16-20H2,1-2H3,(H,31,35). The van der Waals surface area contributed by atoms with Gasteiger partial charge in [0.15, 0.2) is 11.0 Å². The van der Waals surface area contributed by atoms with Crippen molar-refractivity contribution in [2.24, 2.45) is 0 Å². The maximum atomic E-state index is 13.2. The van der Waals surface area contributed by atoms with Gasteiger partial charge in [0.2, 0.25) is 0 Å². The third-order valence-electron chi connectivity index (χ3n) is 7.04. The van der Waals surface area contributed by atoms with Gasteiger partial charge in [0.1, 0.15) is 5.76 Å². The maximum Gasteiger partial charge on any atom is 0.255 e. The lowest BCUT2D eigenvalue weighted by molar-refractivity contribution is 0.0935. The molecule has 6 nitrogen and oxygen atoms in total. The Hall–Kier alpha value is -3.90. The molecular weight excluding hydrogens is 450 g/mol. The van der Waals surface area contributed by atoms with E-state index in [2.05, 4.69) is 46.3 Å². The molecule has 1 amide bonds. The van der Waals surface area contributed by atoms with Crippen LogP contribution >= 0.6 is 0 Å². The summed E-state index contributed by atoms with van der Waals surface area (Å²) in [6.07, 6.45) is 0. The average Bonchev–Trinajstić information content (AvgIpc) is 2.94. The van der Waals surface area contributed by atoms with Crippen LogP contribution in [0.1, 0.15) is 22.8 Å². The van der Waals surface area contributed by atoms with Gasteiger partial charge >= 0.3 is 0 Å². The number of rotatable bonds is 6. The molecule has 6 heteroatoms. The largest absolute Gasteiger partial charge is 0.455 e. The molecule has 1 aromatic heterocycles. The zero-order valence-electron chi connectivity index (χ0n) is 20.7. The fourth-order valence-electron chi connectivity index (χ4n) is 4.88. The number of benzene rings is 3. The second-order valence-electron chi connectivity index (χ2n) is 9.35. The van der Waals surface area contributed by atoms with Crippen LogP contribution in [0.5, 0.6) is 0 Å². The number of carbonyl (C=O) groups excluding carboxylic acids is 1. The molecule has 1 aliphatic rings. The predicted molar refractivity (Wildman–Crippen MR) is 145 cm³/mol. The number of hydrogen-bond acceptors (Lipinski definition) is 5. The zero-order valence-corrected chi connectivity index (χ0v) is 20.7. The van der Waals surface area contributed by atoms with E-state index in [1.807, 2.05) is 36.4 Å². The monoisotopic (exact) mass is 481 g/mol. The Morgan fingerprint density at radius 3 is 2.28 bits per heavy atom. The first-order valence-corrected chi connectivity index (χ1v) is 12.5. The Kier molecular flexibility index (Phi) is 6.87. The number of anilines is 1. The van der Waals surface area contributed by atoms with Crippen LogP contribution in [0, 0.1) is 6.92 Å². The first-order valence-electron chi connectivity index (χ1n) is 12.5. The number of para-hydroxylation sites is 2. The molecule has 1 N–H and O–H groups in total. The summed E-state index contributed by atoms with van der Waals surface area (Å²) in [4.78, 5) is 31.1. The molecule has 36 heavy (non-hydrogen) atoms. The zero-order chi connectivity index (χ0) is 25.1. The topological polar surface area (TPSA) is 65.8 Å². The van der Waals surface area contributed by atoms with E-state index < -0.39 is 0 Å². The van der Waals surface area contributed by atoms with Crippen molar-refractivity contribution in [3.63, 3.8) is 0 Å². The van der Waals surface area contributed by atoms with Gasteiger partial charge in [-0.3, -0.25) is 14.5 Å². The molecule has 1 atom stereocenters. The number of carbonyl (C=O) groups is 1.